The molecular formula is C19H21N3O3. The number of amides is 1. The minimum atomic E-state index is -0.231. The van der Waals surface area contributed by atoms with Crippen molar-refractivity contribution in [3.63, 3.8) is 0 Å². The zero-order valence-corrected chi connectivity index (χ0v) is 14.4. The highest BCUT2D eigenvalue weighted by molar-refractivity contribution is 5.97. The highest BCUT2D eigenvalue weighted by atomic mass is 16.5. The third-order valence-electron chi connectivity index (χ3n) is 4.75. The van der Waals surface area contributed by atoms with Crippen LogP contribution in [0.15, 0.2) is 41.1 Å². The average Bonchev–Trinajstić information content (AvgIpc) is 3.33. The molecule has 0 unspecified atom stereocenters. The van der Waals surface area contributed by atoms with Gasteiger partial charge in [0.25, 0.3) is 5.91 Å². The first-order valence-electron chi connectivity index (χ1n) is 8.60. The summed E-state index contributed by atoms with van der Waals surface area (Å²) in [5, 5.41) is 4.02. The molecule has 0 spiro atoms. The fourth-order valence-electron chi connectivity index (χ4n) is 3.39. The monoisotopic (exact) mass is 339 g/mol. The van der Waals surface area contributed by atoms with Crippen LogP contribution in [-0.2, 0) is 11.3 Å². The van der Waals surface area contributed by atoms with Crippen molar-refractivity contribution < 1.29 is 13.9 Å². The van der Waals surface area contributed by atoms with Crippen molar-refractivity contribution in [3.8, 4) is 0 Å². The van der Waals surface area contributed by atoms with Gasteiger partial charge in [-0.25, -0.2) is 4.98 Å². The molecule has 2 atom stereocenters. The third-order valence-corrected chi connectivity index (χ3v) is 4.75. The summed E-state index contributed by atoms with van der Waals surface area (Å²) < 4.78 is 13.6. The Labute approximate surface area is 145 Å². The quantitative estimate of drug-likeness (QED) is 0.792. The van der Waals surface area contributed by atoms with E-state index >= 15 is 0 Å². The van der Waals surface area contributed by atoms with Crippen molar-refractivity contribution >= 4 is 16.9 Å². The molecule has 1 saturated heterocycles. The van der Waals surface area contributed by atoms with Gasteiger partial charge in [0.15, 0.2) is 5.76 Å². The second kappa shape index (κ2) is 6.37. The van der Waals surface area contributed by atoms with Gasteiger partial charge in [-0.3, -0.25) is 4.79 Å². The van der Waals surface area contributed by atoms with E-state index in [9.17, 15) is 4.79 Å². The molecule has 1 aromatic carbocycles. The number of nitrogens with zero attached hydrogens (tertiary/aromatic N) is 2. The summed E-state index contributed by atoms with van der Waals surface area (Å²) in [6, 6.07) is 7.49. The van der Waals surface area contributed by atoms with Crippen LogP contribution >= 0.6 is 0 Å². The molecule has 25 heavy (non-hydrogen) atoms. The summed E-state index contributed by atoms with van der Waals surface area (Å²) in [7, 11) is 0. The van der Waals surface area contributed by atoms with E-state index in [4.69, 9.17) is 9.15 Å². The predicted molar refractivity (Wildman–Crippen MR) is 93.4 cm³/mol. The van der Waals surface area contributed by atoms with E-state index in [2.05, 4.69) is 17.2 Å². The first-order chi connectivity index (χ1) is 12.2. The van der Waals surface area contributed by atoms with Crippen LogP contribution in [-0.4, -0.2) is 28.1 Å². The van der Waals surface area contributed by atoms with Crippen molar-refractivity contribution in [1.82, 2.24) is 14.9 Å². The Morgan fingerprint density at radius 2 is 2.32 bits per heavy atom. The van der Waals surface area contributed by atoms with E-state index in [1.807, 2.05) is 35.9 Å². The fourth-order valence-corrected chi connectivity index (χ4v) is 3.39. The number of benzene rings is 1. The Hall–Kier alpha value is -2.60. The second-order valence-corrected chi connectivity index (χ2v) is 6.33. The van der Waals surface area contributed by atoms with Crippen LogP contribution in [0.3, 0.4) is 0 Å². The summed E-state index contributed by atoms with van der Waals surface area (Å²) in [5.41, 5.74) is 1.82. The number of rotatable bonds is 4. The van der Waals surface area contributed by atoms with E-state index in [-0.39, 0.29) is 18.1 Å². The van der Waals surface area contributed by atoms with Crippen molar-refractivity contribution in [1.29, 1.82) is 0 Å². The molecular weight excluding hydrogens is 318 g/mol. The number of furan rings is 1. The van der Waals surface area contributed by atoms with Crippen molar-refractivity contribution in [2.45, 2.75) is 39.0 Å². The number of carbonyl (C=O) groups excluding carboxylic acids is 1. The summed E-state index contributed by atoms with van der Waals surface area (Å²) in [5.74, 6) is 0.963. The summed E-state index contributed by atoms with van der Waals surface area (Å²) in [6.07, 6.45) is 4.22. The fraction of sp³-hybridized carbons (Fsp3) is 0.368. The minimum absolute atomic E-state index is 0.116. The normalized spacial score (nSPS) is 20.2. The molecule has 1 N–H and O–H groups in total. The Balaban J connectivity index is 1.56. The van der Waals surface area contributed by atoms with E-state index in [0.717, 1.165) is 35.3 Å². The summed E-state index contributed by atoms with van der Waals surface area (Å²) in [4.78, 5) is 17.1. The van der Waals surface area contributed by atoms with Crippen LogP contribution in [0.2, 0.25) is 0 Å². The molecule has 1 amide bonds. The zero-order valence-electron chi connectivity index (χ0n) is 14.4. The van der Waals surface area contributed by atoms with Gasteiger partial charge in [0.1, 0.15) is 17.5 Å². The standard InChI is InChI=1S/C19H21N3O3/c1-3-22-9-8-20-18(22)17-14(7-10-24-17)21-19(23)16-11-13-12(2)5-4-6-15(13)25-16/h4-6,8-9,11,14,17H,3,7,10H2,1-2H3,(H,21,23)/t14-,17-/m1/s1. The van der Waals surface area contributed by atoms with Gasteiger partial charge in [-0.15, -0.1) is 0 Å². The third kappa shape index (κ3) is 2.82. The maximum atomic E-state index is 12.7. The lowest BCUT2D eigenvalue weighted by atomic mass is 10.1. The van der Waals surface area contributed by atoms with Crippen molar-refractivity contribution in [2.75, 3.05) is 6.61 Å². The van der Waals surface area contributed by atoms with Crippen LogP contribution in [0.1, 0.15) is 41.4 Å². The van der Waals surface area contributed by atoms with E-state index < -0.39 is 0 Å². The number of carbonyl (C=O) groups is 1. The van der Waals surface area contributed by atoms with Gasteiger partial charge < -0.3 is 19.0 Å². The topological polar surface area (TPSA) is 69.3 Å². The van der Waals surface area contributed by atoms with Crippen LogP contribution < -0.4 is 5.32 Å². The SMILES string of the molecule is CCn1ccnc1[C@@H]1OCC[C@H]1NC(=O)c1cc2c(C)cccc2o1. The first kappa shape index (κ1) is 15.9. The highest BCUT2D eigenvalue weighted by Crippen LogP contribution is 2.29. The molecule has 130 valence electrons. The van der Waals surface area contributed by atoms with E-state index in [1.165, 1.54) is 0 Å². The molecule has 2 aromatic heterocycles. The maximum absolute atomic E-state index is 12.7. The molecule has 3 heterocycles. The Morgan fingerprint density at radius 3 is 3.12 bits per heavy atom. The lowest BCUT2D eigenvalue weighted by Gasteiger charge is -2.19. The molecule has 4 rings (SSSR count). The molecule has 0 radical (unpaired) electrons. The number of aromatic nitrogens is 2. The van der Waals surface area contributed by atoms with E-state index in [1.54, 1.807) is 12.3 Å². The average molecular weight is 339 g/mol. The van der Waals surface area contributed by atoms with Gasteiger partial charge in [-0.05, 0) is 38.0 Å². The number of hydrogen-bond donors (Lipinski definition) is 1. The molecule has 3 aromatic rings. The smallest absolute Gasteiger partial charge is 0.287 e. The number of nitrogens with one attached hydrogen (secondary N) is 1. The van der Waals surface area contributed by atoms with Gasteiger partial charge >= 0.3 is 0 Å². The van der Waals surface area contributed by atoms with Crippen molar-refractivity contribution in [3.05, 3.63) is 53.8 Å². The Kier molecular flexibility index (Phi) is 4.05. The summed E-state index contributed by atoms with van der Waals surface area (Å²) in [6.45, 7) is 5.49. The first-order valence-corrected chi connectivity index (χ1v) is 8.60. The van der Waals surface area contributed by atoms with Gasteiger partial charge in [0.2, 0.25) is 0 Å². The Morgan fingerprint density at radius 1 is 1.44 bits per heavy atom. The molecule has 0 aliphatic carbocycles. The maximum Gasteiger partial charge on any atom is 0.287 e. The zero-order chi connectivity index (χ0) is 17.4. The molecule has 6 heteroatoms. The molecule has 1 fully saturated rings. The van der Waals surface area contributed by atoms with E-state index in [0.29, 0.717) is 12.4 Å². The van der Waals surface area contributed by atoms with Gasteiger partial charge in [-0.2, -0.15) is 0 Å². The molecule has 1 aliphatic rings. The van der Waals surface area contributed by atoms with Crippen LogP contribution in [0.5, 0.6) is 0 Å². The number of ether oxygens (including phenoxy) is 1. The number of imidazole rings is 1. The number of fused-ring (bicyclic) bond motifs is 1. The Bertz CT molecular complexity index is 912. The molecule has 0 saturated carbocycles. The largest absolute Gasteiger partial charge is 0.451 e. The van der Waals surface area contributed by atoms with Crippen LogP contribution in [0.25, 0.3) is 11.0 Å². The lowest BCUT2D eigenvalue weighted by molar-refractivity contribution is 0.0761. The molecule has 1 aliphatic heterocycles. The second-order valence-electron chi connectivity index (χ2n) is 6.33. The summed E-state index contributed by atoms with van der Waals surface area (Å²) >= 11 is 0. The predicted octanol–water partition coefficient (Wildman–Crippen LogP) is 3.22. The van der Waals surface area contributed by atoms with Crippen molar-refractivity contribution in [2.24, 2.45) is 0 Å². The molecule has 6 nitrogen and oxygen atoms in total. The van der Waals surface area contributed by atoms with Crippen LogP contribution in [0, 0.1) is 6.92 Å². The molecule has 0 bridgehead atoms. The highest BCUT2D eigenvalue weighted by Gasteiger charge is 2.34. The van der Waals surface area contributed by atoms with Crippen LogP contribution in [0.4, 0.5) is 0 Å². The van der Waals surface area contributed by atoms with Gasteiger partial charge in [-0.1, -0.05) is 12.1 Å². The number of hydrogen-bond acceptors (Lipinski definition) is 4. The number of aryl methyl sites for hydroxylation is 2. The van der Waals surface area contributed by atoms with Gasteiger partial charge in [0.05, 0.1) is 6.04 Å². The van der Waals surface area contributed by atoms with Gasteiger partial charge in [0, 0.05) is 30.9 Å². The lowest BCUT2D eigenvalue weighted by Crippen LogP contribution is -2.37. The minimum Gasteiger partial charge on any atom is -0.451 e.